The Morgan fingerprint density at radius 1 is 1.31 bits per heavy atom. The van der Waals surface area contributed by atoms with Crippen molar-refractivity contribution >= 4 is 5.96 Å². The monoisotopic (exact) mass is 369 g/mol. The molecule has 0 radical (unpaired) electrons. The molecule has 2 N–H and O–H groups in total. The number of rotatable bonds is 6. The molecule has 1 heterocycles. The van der Waals surface area contributed by atoms with Crippen LogP contribution in [0, 0.1) is 6.92 Å². The Bertz CT molecular complexity index is 742. The molecule has 0 saturated heterocycles. The number of hydrogen-bond acceptors (Lipinski definition) is 4. The Labute approximate surface area is 149 Å². The summed E-state index contributed by atoms with van der Waals surface area (Å²) in [5.74, 6) is 1.53. The SMILES string of the molecule is CN=C(NCCC(C)c1cccc(C(F)(F)F)c1)NCc1nc(C)no1. The summed E-state index contributed by atoms with van der Waals surface area (Å²) in [6.07, 6.45) is -3.67. The van der Waals surface area contributed by atoms with E-state index in [0.29, 0.717) is 42.7 Å². The minimum Gasteiger partial charge on any atom is -0.356 e. The van der Waals surface area contributed by atoms with Crippen molar-refractivity contribution in [2.24, 2.45) is 4.99 Å². The molecule has 2 aromatic rings. The molecule has 0 aliphatic carbocycles. The lowest BCUT2D eigenvalue weighted by atomic mass is 9.96. The molecular formula is C17H22F3N5O. The van der Waals surface area contributed by atoms with E-state index in [1.165, 1.54) is 12.1 Å². The van der Waals surface area contributed by atoms with Crippen LogP contribution in [0.2, 0.25) is 0 Å². The minimum absolute atomic E-state index is 0.0264. The average Bonchev–Trinajstić information content (AvgIpc) is 3.02. The van der Waals surface area contributed by atoms with Gasteiger partial charge in [-0.1, -0.05) is 30.3 Å². The third-order valence-electron chi connectivity index (χ3n) is 3.85. The molecule has 9 heteroatoms. The van der Waals surface area contributed by atoms with Crippen LogP contribution >= 0.6 is 0 Å². The van der Waals surface area contributed by atoms with Crippen LogP contribution in [0.1, 0.15) is 42.1 Å². The lowest BCUT2D eigenvalue weighted by molar-refractivity contribution is -0.137. The van der Waals surface area contributed by atoms with Gasteiger partial charge in [-0.05, 0) is 30.9 Å². The van der Waals surface area contributed by atoms with Gasteiger partial charge < -0.3 is 15.2 Å². The largest absolute Gasteiger partial charge is 0.416 e. The number of hydrogen-bond donors (Lipinski definition) is 2. The fourth-order valence-corrected chi connectivity index (χ4v) is 2.39. The highest BCUT2D eigenvalue weighted by atomic mass is 19.4. The molecule has 0 spiro atoms. The van der Waals surface area contributed by atoms with Gasteiger partial charge >= 0.3 is 6.18 Å². The third-order valence-corrected chi connectivity index (χ3v) is 3.85. The molecule has 1 unspecified atom stereocenters. The van der Waals surface area contributed by atoms with E-state index in [-0.39, 0.29) is 5.92 Å². The number of alkyl halides is 3. The molecule has 0 amide bonds. The van der Waals surface area contributed by atoms with Gasteiger partial charge in [0.05, 0.1) is 12.1 Å². The second-order valence-electron chi connectivity index (χ2n) is 5.90. The molecule has 6 nitrogen and oxygen atoms in total. The molecule has 0 aliphatic heterocycles. The predicted octanol–water partition coefficient (Wildman–Crippen LogP) is 3.26. The second kappa shape index (κ2) is 8.68. The van der Waals surface area contributed by atoms with Crippen LogP contribution in [-0.4, -0.2) is 29.7 Å². The van der Waals surface area contributed by atoms with Crippen molar-refractivity contribution in [2.45, 2.75) is 38.9 Å². The highest BCUT2D eigenvalue weighted by Crippen LogP contribution is 2.31. The number of aryl methyl sites for hydroxylation is 1. The molecule has 0 bridgehead atoms. The summed E-state index contributed by atoms with van der Waals surface area (Å²) in [4.78, 5) is 8.16. The lowest BCUT2D eigenvalue weighted by Crippen LogP contribution is -2.37. The zero-order valence-electron chi connectivity index (χ0n) is 14.9. The van der Waals surface area contributed by atoms with E-state index >= 15 is 0 Å². The van der Waals surface area contributed by atoms with Crippen LogP contribution in [0.5, 0.6) is 0 Å². The summed E-state index contributed by atoms with van der Waals surface area (Å²) in [6, 6.07) is 5.44. The Morgan fingerprint density at radius 2 is 2.08 bits per heavy atom. The van der Waals surface area contributed by atoms with E-state index < -0.39 is 11.7 Å². The van der Waals surface area contributed by atoms with Gasteiger partial charge in [-0.3, -0.25) is 4.99 Å². The number of benzene rings is 1. The van der Waals surface area contributed by atoms with Gasteiger partial charge in [0.15, 0.2) is 11.8 Å². The minimum atomic E-state index is -4.33. The second-order valence-corrected chi connectivity index (χ2v) is 5.90. The van der Waals surface area contributed by atoms with Gasteiger partial charge in [-0.25, -0.2) is 0 Å². The Balaban J connectivity index is 1.82. The van der Waals surface area contributed by atoms with Gasteiger partial charge in [-0.2, -0.15) is 18.2 Å². The van der Waals surface area contributed by atoms with Gasteiger partial charge in [-0.15, -0.1) is 0 Å². The smallest absolute Gasteiger partial charge is 0.356 e. The summed E-state index contributed by atoms with van der Waals surface area (Å²) in [5.41, 5.74) is 0.0352. The van der Waals surface area contributed by atoms with Gasteiger partial charge in [0.1, 0.15) is 0 Å². The Hall–Kier alpha value is -2.58. The molecule has 0 fully saturated rings. The Kier molecular flexibility index (Phi) is 6.59. The standard InChI is InChI=1S/C17H22F3N5O/c1-11(13-5-4-6-14(9-13)17(18,19)20)7-8-22-16(21-3)23-10-15-24-12(2)25-26-15/h4-6,9,11H,7-8,10H2,1-3H3,(H2,21,22,23). The van der Waals surface area contributed by atoms with Crippen molar-refractivity contribution in [3.05, 3.63) is 47.1 Å². The lowest BCUT2D eigenvalue weighted by Gasteiger charge is -2.16. The number of aliphatic imine (C=N–C) groups is 1. The molecule has 2 rings (SSSR count). The van der Waals surface area contributed by atoms with Crippen LogP contribution in [-0.2, 0) is 12.7 Å². The van der Waals surface area contributed by atoms with Crippen LogP contribution in [0.15, 0.2) is 33.8 Å². The van der Waals surface area contributed by atoms with E-state index in [0.717, 1.165) is 6.07 Å². The first kappa shape index (κ1) is 19.7. The number of aromatic nitrogens is 2. The van der Waals surface area contributed by atoms with Crippen molar-refractivity contribution in [3.63, 3.8) is 0 Å². The normalized spacial score (nSPS) is 13.5. The zero-order chi connectivity index (χ0) is 19.2. The summed E-state index contributed by atoms with van der Waals surface area (Å²) < 4.78 is 43.4. The third kappa shape index (κ3) is 5.75. The zero-order valence-corrected chi connectivity index (χ0v) is 14.9. The van der Waals surface area contributed by atoms with E-state index in [2.05, 4.69) is 25.8 Å². The maximum Gasteiger partial charge on any atom is 0.416 e. The highest BCUT2D eigenvalue weighted by Gasteiger charge is 2.30. The number of nitrogens with one attached hydrogen (secondary N) is 2. The van der Waals surface area contributed by atoms with Crippen molar-refractivity contribution < 1.29 is 17.7 Å². The summed E-state index contributed by atoms with van der Waals surface area (Å²) in [7, 11) is 1.63. The van der Waals surface area contributed by atoms with E-state index in [4.69, 9.17) is 4.52 Å². The highest BCUT2D eigenvalue weighted by molar-refractivity contribution is 5.79. The summed E-state index contributed by atoms with van der Waals surface area (Å²) in [6.45, 7) is 4.52. The van der Waals surface area contributed by atoms with Crippen LogP contribution in [0.4, 0.5) is 13.2 Å². The number of nitrogens with zero attached hydrogens (tertiary/aromatic N) is 3. The average molecular weight is 369 g/mol. The molecule has 142 valence electrons. The topological polar surface area (TPSA) is 75.3 Å². The maximum atomic E-state index is 12.8. The van der Waals surface area contributed by atoms with Crippen molar-refractivity contribution in [1.82, 2.24) is 20.8 Å². The molecular weight excluding hydrogens is 347 g/mol. The Morgan fingerprint density at radius 3 is 2.69 bits per heavy atom. The first-order valence-electron chi connectivity index (χ1n) is 8.20. The van der Waals surface area contributed by atoms with Crippen molar-refractivity contribution in [3.8, 4) is 0 Å². The first-order valence-corrected chi connectivity index (χ1v) is 8.20. The summed E-state index contributed by atoms with van der Waals surface area (Å²) >= 11 is 0. The fraction of sp³-hybridized carbons (Fsp3) is 0.471. The number of guanidine groups is 1. The fourth-order valence-electron chi connectivity index (χ4n) is 2.39. The van der Waals surface area contributed by atoms with Crippen LogP contribution in [0.25, 0.3) is 0 Å². The van der Waals surface area contributed by atoms with Crippen LogP contribution < -0.4 is 10.6 Å². The van der Waals surface area contributed by atoms with E-state index in [1.807, 2.05) is 6.92 Å². The van der Waals surface area contributed by atoms with Crippen LogP contribution in [0.3, 0.4) is 0 Å². The van der Waals surface area contributed by atoms with E-state index in [1.54, 1.807) is 20.0 Å². The van der Waals surface area contributed by atoms with Gasteiger partial charge in [0.2, 0.25) is 5.89 Å². The molecule has 1 aromatic heterocycles. The first-order chi connectivity index (χ1) is 12.3. The van der Waals surface area contributed by atoms with Crippen molar-refractivity contribution in [2.75, 3.05) is 13.6 Å². The van der Waals surface area contributed by atoms with E-state index in [9.17, 15) is 13.2 Å². The predicted molar refractivity (Wildman–Crippen MR) is 91.7 cm³/mol. The number of halogens is 3. The van der Waals surface area contributed by atoms with Gasteiger partial charge in [0.25, 0.3) is 0 Å². The molecule has 0 saturated carbocycles. The molecule has 1 atom stereocenters. The summed E-state index contributed by atoms with van der Waals surface area (Å²) in [5, 5.41) is 9.85. The van der Waals surface area contributed by atoms with Crippen molar-refractivity contribution in [1.29, 1.82) is 0 Å². The molecule has 0 aliphatic rings. The molecule has 1 aromatic carbocycles. The maximum absolute atomic E-state index is 12.8. The van der Waals surface area contributed by atoms with Gasteiger partial charge in [0, 0.05) is 13.6 Å². The molecule has 26 heavy (non-hydrogen) atoms. The quantitative estimate of drug-likeness (QED) is 0.604.